The summed E-state index contributed by atoms with van der Waals surface area (Å²) in [7, 11) is 0. The van der Waals surface area contributed by atoms with E-state index >= 15 is 0 Å². The quantitative estimate of drug-likeness (QED) is 0.461. The molecule has 29 heavy (non-hydrogen) atoms. The third-order valence-electron chi connectivity index (χ3n) is 5.07. The molecule has 0 aromatic heterocycles. The minimum Gasteiger partial charge on any atom is -0.479 e. The molecule has 0 aliphatic carbocycles. The molecular weight excluding hydrogens is 382 g/mol. The van der Waals surface area contributed by atoms with Crippen LogP contribution in [0.2, 0.25) is 5.02 Å². The van der Waals surface area contributed by atoms with Crippen LogP contribution >= 0.6 is 11.6 Å². The molecule has 2 atom stereocenters. The Morgan fingerprint density at radius 3 is 2.34 bits per heavy atom. The number of hydrogen-bond donors (Lipinski definition) is 1. The predicted octanol–water partition coefficient (Wildman–Crippen LogP) is 6.93. The second-order valence-electron chi connectivity index (χ2n) is 7.16. The molecule has 0 radical (unpaired) electrons. The summed E-state index contributed by atoms with van der Waals surface area (Å²) >= 11 is 6.42. The number of ether oxygens (including phenoxy) is 1. The van der Waals surface area contributed by atoms with Crippen LogP contribution in [0.5, 0.6) is 5.75 Å². The van der Waals surface area contributed by atoms with Crippen molar-refractivity contribution in [2.45, 2.75) is 39.2 Å². The number of hydrogen-bond acceptors (Lipinski definition) is 2. The summed E-state index contributed by atoms with van der Waals surface area (Å²) in [5.41, 5.74) is 4.03. The van der Waals surface area contributed by atoms with Crippen LogP contribution in [0.25, 0.3) is 11.1 Å². The first-order chi connectivity index (χ1) is 14.0. The third kappa shape index (κ3) is 5.18. The van der Waals surface area contributed by atoms with Gasteiger partial charge in [0.1, 0.15) is 5.75 Å². The molecule has 0 fully saturated rings. The van der Waals surface area contributed by atoms with E-state index < -0.39 is 6.10 Å². The first-order valence-electron chi connectivity index (χ1n) is 9.91. The lowest BCUT2D eigenvalue weighted by Crippen LogP contribution is -2.30. The van der Waals surface area contributed by atoms with Crippen molar-refractivity contribution in [2.24, 2.45) is 0 Å². The molecule has 0 bridgehead atoms. The van der Waals surface area contributed by atoms with Gasteiger partial charge in [0.15, 0.2) is 6.10 Å². The van der Waals surface area contributed by atoms with Gasteiger partial charge in [0.25, 0.3) is 5.91 Å². The Morgan fingerprint density at radius 1 is 0.966 bits per heavy atom. The van der Waals surface area contributed by atoms with Gasteiger partial charge in [0, 0.05) is 5.69 Å². The lowest BCUT2D eigenvalue weighted by molar-refractivity contribution is -0.122. The van der Waals surface area contributed by atoms with E-state index in [-0.39, 0.29) is 5.91 Å². The van der Waals surface area contributed by atoms with Crippen LogP contribution in [0.4, 0.5) is 5.69 Å². The standard InChI is InChI=1S/C25H26ClNO2/c1-4-17(2)21-12-8-9-13-23(21)27-25(28)18(3)29-24-15-14-20(16-22(24)26)19-10-6-5-7-11-19/h5-18H,4H2,1-3H3,(H,27,28)/t17-,18+/m1/s1. The molecule has 0 aliphatic rings. The largest absolute Gasteiger partial charge is 0.479 e. The molecule has 3 nitrogen and oxygen atoms in total. The zero-order valence-electron chi connectivity index (χ0n) is 17.0. The Labute approximate surface area is 177 Å². The summed E-state index contributed by atoms with van der Waals surface area (Å²) in [5.74, 6) is 0.649. The van der Waals surface area contributed by atoms with Gasteiger partial charge < -0.3 is 10.1 Å². The van der Waals surface area contributed by atoms with E-state index in [0.29, 0.717) is 16.7 Å². The fraction of sp³-hybridized carbons (Fsp3) is 0.240. The summed E-state index contributed by atoms with van der Waals surface area (Å²) in [5, 5.41) is 3.47. The normalized spacial score (nSPS) is 12.8. The van der Waals surface area contributed by atoms with Gasteiger partial charge in [0.2, 0.25) is 0 Å². The molecule has 0 saturated carbocycles. The van der Waals surface area contributed by atoms with Crippen LogP contribution in [0, 0.1) is 0 Å². The van der Waals surface area contributed by atoms with E-state index in [1.54, 1.807) is 6.92 Å². The molecular formula is C25H26ClNO2. The van der Waals surface area contributed by atoms with Crippen LogP contribution in [0.3, 0.4) is 0 Å². The van der Waals surface area contributed by atoms with Crippen LogP contribution in [-0.2, 0) is 4.79 Å². The zero-order chi connectivity index (χ0) is 20.8. The summed E-state index contributed by atoms with van der Waals surface area (Å²) in [6, 6.07) is 23.5. The molecule has 4 heteroatoms. The van der Waals surface area contributed by atoms with E-state index in [2.05, 4.69) is 25.2 Å². The molecule has 0 unspecified atom stereocenters. The molecule has 150 valence electrons. The van der Waals surface area contributed by atoms with Crippen molar-refractivity contribution in [3.05, 3.63) is 83.4 Å². The Kier molecular flexibility index (Phi) is 6.95. The van der Waals surface area contributed by atoms with Crippen molar-refractivity contribution in [1.82, 2.24) is 0 Å². The van der Waals surface area contributed by atoms with Gasteiger partial charge >= 0.3 is 0 Å². The highest BCUT2D eigenvalue weighted by atomic mass is 35.5. The first-order valence-corrected chi connectivity index (χ1v) is 10.3. The number of amides is 1. The Bertz CT molecular complexity index is 972. The van der Waals surface area contributed by atoms with Gasteiger partial charge in [-0.2, -0.15) is 0 Å². The predicted molar refractivity (Wildman–Crippen MR) is 121 cm³/mol. The molecule has 0 spiro atoms. The molecule has 0 aliphatic heterocycles. The highest BCUT2D eigenvalue weighted by Crippen LogP contribution is 2.31. The molecule has 3 rings (SSSR count). The number of anilines is 1. The zero-order valence-corrected chi connectivity index (χ0v) is 17.7. The van der Waals surface area contributed by atoms with Gasteiger partial charge in [-0.1, -0.05) is 80.0 Å². The highest BCUT2D eigenvalue weighted by molar-refractivity contribution is 6.32. The molecule has 0 heterocycles. The van der Waals surface area contributed by atoms with Gasteiger partial charge in [-0.25, -0.2) is 0 Å². The van der Waals surface area contributed by atoms with Gasteiger partial charge in [-0.3, -0.25) is 4.79 Å². The maximum Gasteiger partial charge on any atom is 0.265 e. The van der Waals surface area contributed by atoms with E-state index in [1.807, 2.05) is 66.7 Å². The van der Waals surface area contributed by atoms with Crippen LogP contribution in [0.1, 0.15) is 38.7 Å². The summed E-state index contributed by atoms with van der Waals surface area (Å²) in [6.45, 7) is 6.01. The second-order valence-corrected chi connectivity index (χ2v) is 7.56. The highest BCUT2D eigenvalue weighted by Gasteiger charge is 2.19. The number of carbonyl (C=O) groups is 1. The number of para-hydroxylation sites is 1. The SMILES string of the molecule is CC[C@@H](C)c1ccccc1NC(=O)[C@H](C)Oc1ccc(-c2ccccc2)cc1Cl. The Morgan fingerprint density at radius 2 is 1.66 bits per heavy atom. The molecule has 1 N–H and O–H groups in total. The number of halogens is 1. The average molecular weight is 408 g/mol. The van der Waals surface area contributed by atoms with Crippen LogP contribution in [-0.4, -0.2) is 12.0 Å². The van der Waals surface area contributed by atoms with Gasteiger partial charge in [-0.15, -0.1) is 0 Å². The monoisotopic (exact) mass is 407 g/mol. The molecule has 3 aromatic rings. The molecule has 1 amide bonds. The van der Waals surface area contributed by atoms with E-state index in [4.69, 9.17) is 16.3 Å². The smallest absolute Gasteiger partial charge is 0.265 e. The van der Waals surface area contributed by atoms with Crippen molar-refractivity contribution in [3.63, 3.8) is 0 Å². The Hall–Kier alpha value is -2.78. The Balaban J connectivity index is 1.70. The van der Waals surface area contributed by atoms with E-state index in [9.17, 15) is 4.79 Å². The van der Waals surface area contributed by atoms with Gasteiger partial charge in [0.05, 0.1) is 5.02 Å². The van der Waals surface area contributed by atoms with E-state index in [0.717, 1.165) is 28.8 Å². The summed E-state index contributed by atoms with van der Waals surface area (Å²) in [4.78, 5) is 12.7. The van der Waals surface area contributed by atoms with Gasteiger partial charge in [-0.05, 0) is 54.2 Å². The number of rotatable bonds is 7. The van der Waals surface area contributed by atoms with Crippen molar-refractivity contribution in [1.29, 1.82) is 0 Å². The minimum atomic E-state index is -0.680. The molecule has 0 saturated heterocycles. The maximum atomic E-state index is 12.7. The fourth-order valence-electron chi connectivity index (χ4n) is 3.15. The fourth-order valence-corrected chi connectivity index (χ4v) is 3.37. The lowest BCUT2D eigenvalue weighted by atomic mass is 9.97. The summed E-state index contributed by atoms with van der Waals surface area (Å²) in [6.07, 6.45) is 0.322. The first kappa shape index (κ1) is 20.9. The average Bonchev–Trinajstić information content (AvgIpc) is 2.75. The number of nitrogens with one attached hydrogen (secondary N) is 1. The van der Waals surface area contributed by atoms with E-state index in [1.165, 1.54) is 0 Å². The number of benzene rings is 3. The lowest BCUT2D eigenvalue weighted by Gasteiger charge is -2.19. The van der Waals surface area contributed by atoms with Crippen molar-refractivity contribution in [2.75, 3.05) is 5.32 Å². The minimum absolute atomic E-state index is 0.205. The van der Waals surface area contributed by atoms with Crippen molar-refractivity contribution in [3.8, 4) is 16.9 Å². The topological polar surface area (TPSA) is 38.3 Å². The second kappa shape index (κ2) is 9.62. The third-order valence-corrected chi connectivity index (χ3v) is 5.37. The van der Waals surface area contributed by atoms with Crippen LogP contribution < -0.4 is 10.1 Å². The molecule has 3 aromatic carbocycles. The maximum absolute atomic E-state index is 12.7. The number of carbonyl (C=O) groups excluding carboxylic acids is 1. The summed E-state index contributed by atoms with van der Waals surface area (Å²) < 4.78 is 5.85. The van der Waals surface area contributed by atoms with Crippen molar-refractivity contribution >= 4 is 23.2 Å². The van der Waals surface area contributed by atoms with Crippen LogP contribution in [0.15, 0.2) is 72.8 Å². The van der Waals surface area contributed by atoms with Crippen molar-refractivity contribution < 1.29 is 9.53 Å².